The van der Waals surface area contributed by atoms with Gasteiger partial charge < -0.3 is 5.32 Å². The van der Waals surface area contributed by atoms with Gasteiger partial charge >= 0.3 is 0 Å². The van der Waals surface area contributed by atoms with E-state index in [0.717, 1.165) is 4.47 Å². The molecule has 0 aliphatic carbocycles. The van der Waals surface area contributed by atoms with E-state index in [1.165, 1.54) is 0 Å². The van der Waals surface area contributed by atoms with Gasteiger partial charge in [-0.25, -0.2) is 4.98 Å². The van der Waals surface area contributed by atoms with E-state index in [1.54, 1.807) is 19.2 Å². The van der Waals surface area contributed by atoms with E-state index in [2.05, 4.69) is 26.2 Å². The summed E-state index contributed by atoms with van der Waals surface area (Å²) in [4.78, 5) is 14.9. The maximum atomic E-state index is 10.9. The molecule has 64 valence electrons. The van der Waals surface area contributed by atoms with Crippen molar-refractivity contribution in [2.75, 3.05) is 5.32 Å². The van der Waals surface area contributed by atoms with Gasteiger partial charge in [0.15, 0.2) is 0 Å². The maximum Gasteiger partial charge on any atom is 0.225 e. The molecule has 0 fully saturated rings. The molecule has 0 saturated heterocycles. The smallest absolute Gasteiger partial charge is 0.225 e. The second-order valence-corrected chi connectivity index (χ2v) is 3.18. The van der Waals surface area contributed by atoms with E-state index in [-0.39, 0.29) is 5.91 Å². The molecule has 1 aromatic heterocycles. The number of carbonyl (C=O) groups excluding carboxylic acids is 1. The summed E-state index contributed by atoms with van der Waals surface area (Å²) in [6.07, 6.45) is 2.10. The molecule has 0 aliphatic heterocycles. The lowest BCUT2D eigenvalue weighted by atomic mass is 10.4. The normalized spacial score (nSPS) is 9.50. The largest absolute Gasteiger partial charge is 0.311 e. The van der Waals surface area contributed by atoms with E-state index < -0.39 is 0 Å². The van der Waals surface area contributed by atoms with E-state index in [9.17, 15) is 4.79 Å². The zero-order valence-electron chi connectivity index (χ0n) is 6.67. The number of amides is 1. The Morgan fingerprint density at radius 3 is 3.08 bits per heavy atom. The minimum atomic E-state index is -0.0272. The lowest BCUT2D eigenvalue weighted by molar-refractivity contribution is -0.115. The third-order valence-corrected chi connectivity index (χ3v) is 1.80. The van der Waals surface area contributed by atoms with Crippen molar-refractivity contribution in [3.8, 4) is 0 Å². The number of carbonyl (C=O) groups is 1. The molecule has 0 radical (unpaired) electrons. The number of halogens is 1. The minimum absolute atomic E-state index is 0.0272. The number of pyridine rings is 1. The fourth-order valence-corrected chi connectivity index (χ4v) is 1.04. The van der Waals surface area contributed by atoms with E-state index in [0.29, 0.717) is 12.2 Å². The molecule has 3 nitrogen and oxygen atoms in total. The lowest BCUT2D eigenvalue weighted by Gasteiger charge is -2.01. The van der Waals surface area contributed by atoms with Crippen LogP contribution < -0.4 is 5.32 Å². The van der Waals surface area contributed by atoms with E-state index >= 15 is 0 Å². The van der Waals surface area contributed by atoms with Crippen molar-refractivity contribution >= 4 is 27.7 Å². The number of nitrogens with zero attached hydrogens (tertiary/aromatic N) is 1. The molecule has 1 aromatic rings. The van der Waals surface area contributed by atoms with Gasteiger partial charge in [-0.05, 0) is 12.1 Å². The van der Waals surface area contributed by atoms with Gasteiger partial charge in [0.1, 0.15) is 5.82 Å². The third-order valence-electron chi connectivity index (χ3n) is 1.31. The van der Waals surface area contributed by atoms with Gasteiger partial charge in [0.2, 0.25) is 5.91 Å². The molecule has 0 saturated carbocycles. The number of rotatable bonds is 2. The molecule has 1 heterocycles. The number of nitrogens with one attached hydrogen (secondary N) is 1. The Kier molecular flexibility index (Phi) is 3.22. The first-order valence-corrected chi connectivity index (χ1v) is 4.43. The number of hydrogen-bond acceptors (Lipinski definition) is 2. The molecule has 0 aromatic carbocycles. The molecule has 1 amide bonds. The van der Waals surface area contributed by atoms with Crippen LogP contribution >= 0.6 is 15.9 Å². The Hall–Kier alpha value is -0.900. The van der Waals surface area contributed by atoms with Crippen LogP contribution in [0.5, 0.6) is 0 Å². The third kappa shape index (κ3) is 2.62. The minimum Gasteiger partial charge on any atom is -0.311 e. The van der Waals surface area contributed by atoms with Crippen LogP contribution in [0.15, 0.2) is 22.8 Å². The first-order chi connectivity index (χ1) is 5.72. The molecular weight excluding hydrogens is 220 g/mol. The summed E-state index contributed by atoms with van der Waals surface area (Å²) < 4.78 is 0.906. The van der Waals surface area contributed by atoms with Crippen LogP contribution in [0.4, 0.5) is 5.82 Å². The van der Waals surface area contributed by atoms with Gasteiger partial charge in [-0.3, -0.25) is 4.79 Å². The van der Waals surface area contributed by atoms with Crippen LogP contribution in [0.1, 0.15) is 13.3 Å². The highest BCUT2D eigenvalue weighted by Gasteiger charge is 1.99. The Morgan fingerprint density at radius 1 is 1.75 bits per heavy atom. The lowest BCUT2D eigenvalue weighted by Crippen LogP contribution is -2.10. The van der Waals surface area contributed by atoms with Crippen LogP contribution in [-0.4, -0.2) is 10.9 Å². The zero-order chi connectivity index (χ0) is 8.97. The van der Waals surface area contributed by atoms with Crippen LogP contribution in [0.25, 0.3) is 0 Å². The SMILES string of the molecule is CCC(=O)Nc1cc(Br)ccn1. The van der Waals surface area contributed by atoms with Crippen LogP contribution in [-0.2, 0) is 4.79 Å². The van der Waals surface area contributed by atoms with E-state index in [1.807, 2.05) is 6.07 Å². The van der Waals surface area contributed by atoms with Crippen LogP contribution in [0, 0.1) is 0 Å². The highest BCUT2D eigenvalue weighted by atomic mass is 79.9. The number of anilines is 1. The van der Waals surface area contributed by atoms with Gasteiger partial charge in [0.05, 0.1) is 0 Å². The summed E-state index contributed by atoms with van der Waals surface area (Å²) >= 11 is 3.28. The summed E-state index contributed by atoms with van der Waals surface area (Å²) in [5, 5.41) is 2.65. The summed E-state index contributed by atoms with van der Waals surface area (Å²) in [7, 11) is 0. The topological polar surface area (TPSA) is 42.0 Å². The Balaban J connectivity index is 2.69. The zero-order valence-corrected chi connectivity index (χ0v) is 8.26. The first kappa shape index (κ1) is 9.19. The van der Waals surface area contributed by atoms with Crippen molar-refractivity contribution in [2.24, 2.45) is 0 Å². The van der Waals surface area contributed by atoms with Gasteiger partial charge in [0, 0.05) is 17.1 Å². The van der Waals surface area contributed by atoms with Crippen molar-refractivity contribution in [3.05, 3.63) is 22.8 Å². The molecule has 1 N–H and O–H groups in total. The number of hydrogen-bond donors (Lipinski definition) is 1. The highest BCUT2D eigenvalue weighted by molar-refractivity contribution is 9.10. The first-order valence-electron chi connectivity index (χ1n) is 3.63. The van der Waals surface area contributed by atoms with Gasteiger partial charge in [-0.1, -0.05) is 22.9 Å². The average molecular weight is 229 g/mol. The highest BCUT2D eigenvalue weighted by Crippen LogP contribution is 2.12. The molecule has 12 heavy (non-hydrogen) atoms. The fraction of sp³-hybridized carbons (Fsp3) is 0.250. The summed E-state index contributed by atoms with van der Waals surface area (Å²) in [5.74, 6) is 0.553. The molecule has 4 heteroatoms. The standard InChI is InChI=1S/C8H9BrN2O/c1-2-8(12)11-7-5-6(9)3-4-10-7/h3-5H,2H2,1H3,(H,10,11,12). The molecule has 0 atom stereocenters. The molecule has 0 spiro atoms. The second-order valence-electron chi connectivity index (χ2n) is 2.26. The van der Waals surface area contributed by atoms with Gasteiger partial charge in [-0.2, -0.15) is 0 Å². The Bertz CT molecular complexity index is 288. The summed E-state index contributed by atoms with van der Waals surface area (Å²) in [6, 6.07) is 3.56. The second kappa shape index (κ2) is 4.21. The quantitative estimate of drug-likeness (QED) is 0.844. The van der Waals surface area contributed by atoms with Crippen molar-refractivity contribution in [1.29, 1.82) is 0 Å². The predicted octanol–water partition coefficient (Wildman–Crippen LogP) is 2.19. The van der Waals surface area contributed by atoms with Crippen molar-refractivity contribution in [2.45, 2.75) is 13.3 Å². The van der Waals surface area contributed by atoms with Crippen molar-refractivity contribution < 1.29 is 4.79 Å². The van der Waals surface area contributed by atoms with Crippen LogP contribution in [0.2, 0.25) is 0 Å². The molecule has 1 rings (SSSR count). The molecular formula is C8H9BrN2O. The predicted molar refractivity (Wildman–Crippen MR) is 50.9 cm³/mol. The van der Waals surface area contributed by atoms with Crippen molar-refractivity contribution in [1.82, 2.24) is 4.98 Å². The van der Waals surface area contributed by atoms with Gasteiger partial charge in [-0.15, -0.1) is 0 Å². The van der Waals surface area contributed by atoms with E-state index in [4.69, 9.17) is 0 Å². The fourth-order valence-electron chi connectivity index (χ4n) is 0.704. The molecule has 0 bridgehead atoms. The monoisotopic (exact) mass is 228 g/mol. The van der Waals surface area contributed by atoms with Crippen molar-refractivity contribution in [3.63, 3.8) is 0 Å². The molecule has 0 aliphatic rings. The Labute approximate surface area is 79.3 Å². The van der Waals surface area contributed by atoms with Crippen LogP contribution in [0.3, 0.4) is 0 Å². The maximum absolute atomic E-state index is 10.9. The van der Waals surface area contributed by atoms with Gasteiger partial charge in [0.25, 0.3) is 0 Å². The average Bonchev–Trinajstić information content (AvgIpc) is 2.04. The summed E-state index contributed by atoms with van der Waals surface area (Å²) in [6.45, 7) is 1.80. The summed E-state index contributed by atoms with van der Waals surface area (Å²) in [5.41, 5.74) is 0. The molecule has 0 unspecified atom stereocenters. The Morgan fingerprint density at radius 2 is 2.50 bits per heavy atom. The number of aromatic nitrogens is 1.